The zero-order valence-corrected chi connectivity index (χ0v) is 13.0. The molecule has 0 fully saturated rings. The Bertz CT molecular complexity index is 613. The van der Waals surface area contributed by atoms with E-state index in [1.165, 1.54) is 17.7 Å². The molecule has 0 spiro atoms. The standard InChI is InChI=1S/C16H16BrF2N/c1-11-4-3-5-12(8-11)9-20(2)10-13-15(18)7-6-14(17)16(13)19/h3-8H,9-10H2,1-2H3. The molecular formula is C16H16BrF2N. The molecule has 2 aromatic carbocycles. The van der Waals surface area contributed by atoms with Crippen LogP contribution in [0.2, 0.25) is 0 Å². The molecule has 0 aliphatic rings. The Morgan fingerprint density at radius 1 is 1.10 bits per heavy atom. The molecule has 0 atom stereocenters. The maximum Gasteiger partial charge on any atom is 0.144 e. The summed E-state index contributed by atoms with van der Waals surface area (Å²) in [6, 6.07) is 10.8. The van der Waals surface area contributed by atoms with Gasteiger partial charge < -0.3 is 0 Å². The summed E-state index contributed by atoms with van der Waals surface area (Å²) in [5, 5.41) is 0. The minimum Gasteiger partial charge on any atom is -0.298 e. The van der Waals surface area contributed by atoms with Crippen molar-refractivity contribution in [2.45, 2.75) is 20.0 Å². The Morgan fingerprint density at radius 3 is 2.55 bits per heavy atom. The fourth-order valence-electron chi connectivity index (χ4n) is 2.16. The van der Waals surface area contributed by atoms with E-state index in [0.717, 1.165) is 5.56 Å². The van der Waals surface area contributed by atoms with Crippen molar-refractivity contribution in [1.29, 1.82) is 0 Å². The lowest BCUT2D eigenvalue weighted by Crippen LogP contribution is -2.19. The van der Waals surface area contributed by atoms with Crippen LogP contribution in [0, 0.1) is 18.6 Å². The molecule has 0 aliphatic carbocycles. The third kappa shape index (κ3) is 3.64. The van der Waals surface area contributed by atoms with Crippen molar-refractivity contribution < 1.29 is 8.78 Å². The number of aryl methyl sites for hydroxylation is 1. The van der Waals surface area contributed by atoms with Crippen LogP contribution in [0.25, 0.3) is 0 Å². The van der Waals surface area contributed by atoms with Crippen molar-refractivity contribution in [2.75, 3.05) is 7.05 Å². The molecule has 0 N–H and O–H groups in total. The summed E-state index contributed by atoms with van der Waals surface area (Å²) in [5.41, 5.74) is 2.40. The average Bonchev–Trinajstić information content (AvgIpc) is 2.39. The quantitative estimate of drug-likeness (QED) is 0.732. The predicted octanol–water partition coefficient (Wildman–Crippen LogP) is 4.67. The van der Waals surface area contributed by atoms with Crippen LogP contribution in [-0.2, 0) is 13.1 Å². The molecule has 106 valence electrons. The number of hydrogen-bond acceptors (Lipinski definition) is 1. The average molecular weight is 340 g/mol. The van der Waals surface area contributed by atoms with E-state index in [-0.39, 0.29) is 16.6 Å². The molecular weight excluding hydrogens is 324 g/mol. The van der Waals surface area contributed by atoms with E-state index in [4.69, 9.17) is 0 Å². The highest BCUT2D eigenvalue weighted by Crippen LogP contribution is 2.23. The van der Waals surface area contributed by atoms with Gasteiger partial charge in [0.15, 0.2) is 0 Å². The lowest BCUT2D eigenvalue weighted by molar-refractivity contribution is 0.307. The van der Waals surface area contributed by atoms with Crippen molar-refractivity contribution >= 4 is 15.9 Å². The van der Waals surface area contributed by atoms with Crippen molar-refractivity contribution in [2.24, 2.45) is 0 Å². The summed E-state index contributed by atoms with van der Waals surface area (Å²) in [6.07, 6.45) is 0. The van der Waals surface area contributed by atoms with Crippen LogP contribution in [0.5, 0.6) is 0 Å². The van der Waals surface area contributed by atoms with Gasteiger partial charge in [-0.15, -0.1) is 0 Å². The van der Waals surface area contributed by atoms with E-state index in [9.17, 15) is 8.78 Å². The maximum atomic E-state index is 13.9. The minimum atomic E-state index is -0.527. The van der Waals surface area contributed by atoms with Gasteiger partial charge in [-0.2, -0.15) is 0 Å². The Balaban J connectivity index is 2.12. The molecule has 2 rings (SSSR count). The fraction of sp³-hybridized carbons (Fsp3) is 0.250. The van der Waals surface area contributed by atoms with E-state index in [1.807, 2.05) is 37.1 Å². The summed E-state index contributed by atoms with van der Waals surface area (Å²) in [5.74, 6) is -1.04. The third-order valence-corrected chi connectivity index (χ3v) is 3.71. The number of nitrogens with zero attached hydrogens (tertiary/aromatic N) is 1. The second kappa shape index (κ2) is 6.46. The highest BCUT2D eigenvalue weighted by molar-refractivity contribution is 9.10. The second-order valence-corrected chi connectivity index (χ2v) is 5.84. The molecule has 0 bridgehead atoms. The van der Waals surface area contributed by atoms with Crippen molar-refractivity contribution in [1.82, 2.24) is 4.90 Å². The molecule has 0 heterocycles. The van der Waals surface area contributed by atoms with Crippen LogP contribution < -0.4 is 0 Å². The Morgan fingerprint density at radius 2 is 1.85 bits per heavy atom. The summed E-state index contributed by atoms with van der Waals surface area (Å²) in [7, 11) is 1.85. The summed E-state index contributed by atoms with van der Waals surface area (Å²) in [4.78, 5) is 1.89. The molecule has 20 heavy (non-hydrogen) atoms. The first-order valence-corrected chi connectivity index (χ1v) is 7.13. The van der Waals surface area contributed by atoms with Crippen molar-refractivity contribution in [3.05, 3.63) is 69.2 Å². The number of rotatable bonds is 4. The predicted molar refractivity (Wildman–Crippen MR) is 80.4 cm³/mol. The first kappa shape index (κ1) is 15.1. The molecule has 0 aromatic heterocycles. The van der Waals surface area contributed by atoms with Crippen LogP contribution in [0.3, 0.4) is 0 Å². The first-order chi connectivity index (χ1) is 9.47. The smallest absolute Gasteiger partial charge is 0.144 e. The second-order valence-electron chi connectivity index (χ2n) is 4.98. The van der Waals surface area contributed by atoms with Gasteiger partial charge in [-0.05, 0) is 47.6 Å². The van der Waals surface area contributed by atoms with Gasteiger partial charge in [-0.3, -0.25) is 4.90 Å². The Labute approximate surface area is 126 Å². The Hall–Kier alpha value is -1.26. The first-order valence-electron chi connectivity index (χ1n) is 6.34. The zero-order valence-electron chi connectivity index (χ0n) is 11.5. The lowest BCUT2D eigenvalue weighted by atomic mass is 10.1. The highest BCUT2D eigenvalue weighted by Gasteiger charge is 2.14. The van der Waals surface area contributed by atoms with E-state index >= 15 is 0 Å². The summed E-state index contributed by atoms with van der Waals surface area (Å²) < 4.78 is 27.9. The van der Waals surface area contributed by atoms with Crippen LogP contribution in [0.1, 0.15) is 16.7 Å². The van der Waals surface area contributed by atoms with Gasteiger partial charge in [0.1, 0.15) is 11.6 Å². The number of hydrogen-bond donors (Lipinski definition) is 0. The fourth-order valence-corrected chi connectivity index (χ4v) is 2.53. The molecule has 0 saturated carbocycles. The lowest BCUT2D eigenvalue weighted by Gasteiger charge is -2.18. The molecule has 1 nitrogen and oxygen atoms in total. The zero-order chi connectivity index (χ0) is 14.7. The van der Waals surface area contributed by atoms with Gasteiger partial charge in [0, 0.05) is 18.7 Å². The molecule has 0 amide bonds. The van der Waals surface area contributed by atoms with Crippen molar-refractivity contribution in [3.8, 4) is 0 Å². The third-order valence-electron chi connectivity index (χ3n) is 3.10. The molecule has 4 heteroatoms. The van der Waals surface area contributed by atoms with Gasteiger partial charge in [0.05, 0.1) is 4.47 Å². The van der Waals surface area contributed by atoms with E-state index in [2.05, 4.69) is 22.0 Å². The number of halogens is 3. The van der Waals surface area contributed by atoms with Gasteiger partial charge in [0.2, 0.25) is 0 Å². The molecule has 0 radical (unpaired) electrons. The van der Waals surface area contributed by atoms with E-state index in [1.54, 1.807) is 0 Å². The van der Waals surface area contributed by atoms with Gasteiger partial charge >= 0.3 is 0 Å². The summed E-state index contributed by atoms with van der Waals surface area (Å²) >= 11 is 3.09. The van der Waals surface area contributed by atoms with Crippen LogP contribution in [0.15, 0.2) is 40.9 Å². The SMILES string of the molecule is Cc1cccc(CN(C)Cc2c(F)ccc(Br)c2F)c1. The van der Waals surface area contributed by atoms with Gasteiger partial charge in [0.25, 0.3) is 0 Å². The highest BCUT2D eigenvalue weighted by atomic mass is 79.9. The Kier molecular flexibility index (Phi) is 4.89. The molecule has 0 unspecified atom stereocenters. The van der Waals surface area contributed by atoms with E-state index < -0.39 is 11.6 Å². The van der Waals surface area contributed by atoms with Crippen LogP contribution in [-0.4, -0.2) is 11.9 Å². The molecule has 0 aliphatic heterocycles. The van der Waals surface area contributed by atoms with Crippen molar-refractivity contribution in [3.63, 3.8) is 0 Å². The molecule has 2 aromatic rings. The maximum absolute atomic E-state index is 13.9. The van der Waals surface area contributed by atoms with Crippen LogP contribution in [0.4, 0.5) is 8.78 Å². The van der Waals surface area contributed by atoms with Gasteiger partial charge in [-0.25, -0.2) is 8.78 Å². The normalized spacial score (nSPS) is 11.1. The monoisotopic (exact) mass is 339 g/mol. The largest absolute Gasteiger partial charge is 0.298 e. The van der Waals surface area contributed by atoms with Crippen LogP contribution >= 0.6 is 15.9 Å². The van der Waals surface area contributed by atoms with Gasteiger partial charge in [-0.1, -0.05) is 29.8 Å². The van der Waals surface area contributed by atoms with E-state index in [0.29, 0.717) is 6.54 Å². The summed E-state index contributed by atoms with van der Waals surface area (Å²) in [6.45, 7) is 2.90. The topological polar surface area (TPSA) is 3.24 Å². The number of benzene rings is 2. The molecule has 0 saturated heterocycles. The minimum absolute atomic E-state index is 0.0922.